The SMILES string of the molecule is CC(=O)c1ccc(NC(=O)/C=C/c2ccc(F)c(N)c2)cc1. The van der Waals surface area contributed by atoms with Crippen molar-refractivity contribution in [2.75, 3.05) is 11.1 Å². The Morgan fingerprint density at radius 3 is 2.41 bits per heavy atom. The van der Waals surface area contributed by atoms with Gasteiger partial charge in [-0.05, 0) is 55.0 Å². The second kappa shape index (κ2) is 6.67. The van der Waals surface area contributed by atoms with Crippen LogP contribution in [0.1, 0.15) is 22.8 Å². The minimum absolute atomic E-state index is 0.0300. The maximum Gasteiger partial charge on any atom is 0.248 e. The van der Waals surface area contributed by atoms with Crippen molar-refractivity contribution >= 4 is 29.1 Å². The highest BCUT2D eigenvalue weighted by Crippen LogP contribution is 2.14. The fraction of sp³-hybridized carbons (Fsp3) is 0.0588. The van der Waals surface area contributed by atoms with Crippen LogP contribution in [0, 0.1) is 5.82 Å². The molecule has 5 heteroatoms. The van der Waals surface area contributed by atoms with Crippen LogP contribution in [0.2, 0.25) is 0 Å². The zero-order valence-electron chi connectivity index (χ0n) is 12.0. The van der Waals surface area contributed by atoms with Crippen molar-refractivity contribution in [3.05, 3.63) is 65.5 Å². The molecule has 112 valence electrons. The molecule has 0 unspecified atom stereocenters. The van der Waals surface area contributed by atoms with E-state index in [-0.39, 0.29) is 17.4 Å². The zero-order valence-corrected chi connectivity index (χ0v) is 12.0. The van der Waals surface area contributed by atoms with Crippen molar-refractivity contribution in [1.82, 2.24) is 0 Å². The van der Waals surface area contributed by atoms with Crippen LogP contribution in [0.3, 0.4) is 0 Å². The molecule has 0 heterocycles. The first-order valence-electron chi connectivity index (χ1n) is 6.61. The molecule has 0 atom stereocenters. The zero-order chi connectivity index (χ0) is 16.1. The highest BCUT2D eigenvalue weighted by molar-refractivity contribution is 6.02. The minimum atomic E-state index is -0.493. The quantitative estimate of drug-likeness (QED) is 0.517. The summed E-state index contributed by atoms with van der Waals surface area (Å²) in [6.45, 7) is 1.48. The summed E-state index contributed by atoms with van der Waals surface area (Å²) in [4.78, 5) is 22.9. The number of halogens is 1. The molecule has 22 heavy (non-hydrogen) atoms. The number of benzene rings is 2. The van der Waals surface area contributed by atoms with E-state index in [9.17, 15) is 14.0 Å². The largest absolute Gasteiger partial charge is 0.396 e. The molecule has 0 saturated carbocycles. The molecule has 2 aromatic rings. The van der Waals surface area contributed by atoms with Gasteiger partial charge in [0, 0.05) is 17.3 Å². The molecule has 0 bridgehead atoms. The van der Waals surface area contributed by atoms with Crippen LogP contribution < -0.4 is 11.1 Å². The van der Waals surface area contributed by atoms with Crippen LogP contribution in [-0.4, -0.2) is 11.7 Å². The van der Waals surface area contributed by atoms with Crippen molar-refractivity contribution in [1.29, 1.82) is 0 Å². The number of carbonyl (C=O) groups excluding carboxylic acids is 2. The van der Waals surface area contributed by atoms with E-state index in [0.717, 1.165) is 0 Å². The number of nitrogens with one attached hydrogen (secondary N) is 1. The molecule has 3 N–H and O–H groups in total. The second-order valence-corrected chi connectivity index (χ2v) is 4.74. The van der Waals surface area contributed by atoms with Gasteiger partial charge in [0.05, 0.1) is 5.69 Å². The van der Waals surface area contributed by atoms with E-state index in [1.807, 2.05) is 0 Å². The van der Waals surface area contributed by atoms with Crippen LogP contribution in [0.4, 0.5) is 15.8 Å². The van der Waals surface area contributed by atoms with Gasteiger partial charge in [-0.2, -0.15) is 0 Å². The molecule has 0 spiro atoms. The molecular weight excluding hydrogens is 283 g/mol. The van der Waals surface area contributed by atoms with Gasteiger partial charge in [-0.1, -0.05) is 6.07 Å². The van der Waals surface area contributed by atoms with Crippen molar-refractivity contribution < 1.29 is 14.0 Å². The number of Topliss-reactive ketones (excluding diaryl/α,β-unsaturated/α-hetero) is 1. The highest BCUT2D eigenvalue weighted by atomic mass is 19.1. The van der Waals surface area contributed by atoms with Crippen molar-refractivity contribution in [3.8, 4) is 0 Å². The average molecular weight is 298 g/mol. The Morgan fingerprint density at radius 1 is 1.14 bits per heavy atom. The lowest BCUT2D eigenvalue weighted by molar-refractivity contribution is -0.111. The fourth-order valence-electron chi connectivity index (χ4n) is 1.81. The van der Waals surface area contributed by atoms with E-state index in [2.05, 4.69) is 5.32 Å². The summed E-state index contributed by atoms with van der Waals surface area (Å²) in [5.41, 5.74) is 7.27. The number of ketones is 1. The molecule has 0 aromatic heterocycles. The van der Waals surface area contributed by atoms with Crippen LogP contribution >= 0.6 is 0 Å². The van der Waals surface area contributed by atoms with E-state index in [0.29, 0.717) is 16.8 Å². The van der Waals surface area contributed by atoms with E-state index in [1.165, 1.54) is 37.3 Å². The first-order valence-corrected chi connectivity index (χ1v) is 6.61. The second-order valence-electron chi connectivity index (χ2n) is 4.74. The molecule has 0 fully saturated rings. The van der Waals surface area contributed by atoms with Gasteiger partial charge in [0.1, 0.15) is 5.82 Å². The maximum absolute atomic E-state index is 13.0. The molecule has 4 nitrogen and oxygen atoms in total. The number of rotatable bonds is 4. The molecule has 0 radical (unpaired) electrons. The summed E-state index contributed by atoms with van der Waals surface area (Å²) in [7, 11) is 0. The van der Waals surface area contributed by atoms with Gasteiger partial charge in [-0.15, -0.1) is 0 Å². The monoisotopic (exact) mass is 298 g/mol. The van der Waals surface area contributed by atoms with Crippen LogP contribution in [0.25, 0.3) is 6.08 Å². The lowest BCUT2D eigenvalue weighted by Crippen LogP contribution is -2.07. The summed E-state index contributed by atoms with van der Waals surface area (Å²) in [6.07, 6.45) is 2.86. The summed E-state index contributed by atoms with van der Waals surface area (Å²) >= 11 is 0. The normalized spacial score (nSPS) is 10.6. The Bertz CT molecular complexity index is 737. The van der Waals surface area contributed by atoms with Gasteiger partial charge in [0.15, 0.2) is 5.78 Å². The number of carbonyl (C=O) groups is 2. The van der Waals surface area contributed by atoms with Gasteiger partial charge in [-0.3, -0.25) is 9.59 Å². The molecule has 0 saturated heterocycles. The van der Waals surface area contributed by atoms with E-state index >= 15 is 0 Å². The first-order chi connectivity index (χ1) is 10.5. The molecule has 1 amide bonds. The Hall–Kier alpha value is -2.95. The summed E-state index contributed by atoms with van der Waals surface area (Å²) in [6, 6.07) is 10.8. The molecule has 0 aliphatic heterocycles. The Kier molecular flexibility index (Phi) is 4.68. The number of nitrogens with two attached hydrogens (primary N) is 1. The van der Waals surface area contributed by atoms with Gasteiger partial charge in [-0.25, -0.2) is 4.39 Å². The number of nitrogen functional groups attached to an aromatic ring is 1. The van der Waals surface area contributed by atoms with E-state index in [1.54, 1.807) is 24.3 Å². The Morgan fingerprint density at radius 2 is 1.82 bits per heavy atom. The minimum Gasteiger partial charge on any atom is -0.396 e. The van der Waals surface area contributed by atoms with E-state index < -0.39 is 5.82 Å². The standard InChI is InChI=1S/C17H15FN2O2/c1-11(21)13-4-6-14(7-5-13)20-17(22)9-3-12-2-8-15(18)16(19)10-12/h2-10H,19H2,1H3,(H,20,22)/b9-3+. The summed E-state index contributed by atoms with van der Waals surface area (Å²) in [5, 5.41) is 2.66. The summed E-state index contributed by atoms with van der Waals surface area (Å²) < 4.78 is 13.0. The Labute approximate surface area is 127 Å². The van der Waals surface area contributed by atoms with Crippen LogP contribution in [0.5, 0.6) is 0 Å². The molecule has 2 rings (SSSR count). The highest BCUT2D eigenvalue weighted by Gasteiger charge is 2.02. The Balaban J connectivity index is 2.01. The number of amides is 1. The predicted molar refractivity (Wildman–Crippen MR) is 84.9 cm³/mol. The third kappa shape index (κ3) is 4.02. The van der Waals surface area contributed by atoms with Gasteiger partial charge in [0.2, 0.25) is 5.91 Å². The lowest BCUT2D eigenvalue weighted by atomic mass is 10.1. The molecular formula is C17H15FN2O2. The average Bonchev–Trinajstić information content (AvgIpc) is 2.49. The topological polar surface area (TPSA) is 72.2 Å². The fourth-order valence-corrected chi connectivity index (χ4v) is 1.81. The van der Waals surface area contributed by atoms with Gasteiger partial charge >= 0.3 is 0 Å². The lowest BCUT2D eigenvalue weighted by Gasteiger charge is -2.03. The number of hydrogen-bond acceptors (Lipinski definition) is 3. The molecule has 0 aliphatic rings. The molecule has 2 aromatic carbocycles. The smallest absolute Gasteiger partial charge is 0.248 e. The third-order valence-corrected chi connectivity index (χ3v) is 3.01. The van der Waals surface area contributed by atoms with E-state index in [4.69, 9.17) is 5.73 Å². The van der Waals surface area contributed by atoms with Crippen LogP contribution in [-0.2, 0) is 4.79 Å². The van der Waals surface area contributed by atoms with Crippen LogP contribution in [0.15, 0.2) is 48.5 Å². The van der Waals surface area contributed by atoms with Gasteiger partial charge < -0.3 is 11.1 Å². The van der Waals surface area contributed by atoms with Crippen molar-refractivity contribution in [2.24, 2.45) is 0 Å². The van der Waals surface area contributed by atoms with Crippen molar-refractivity contribution in [2.45, 2.75) is 6.92 Å². The third-order valence-electron chi connectivity index (χ3n) is 3.01. The first kappa shape index (κ1) is 15.4. The predicted octanol–water partition coefficient (Wildman–Crippen LogP) is 3.26. The van der Waals surface area contributed by atoms with Gasteiger partial charge in [0.25, 0.3) is 0 Å². The number of hydrogen-bond donors (Lipinski definition) is 2. The van der Waals surface area contributed by atoms with Crippen molar-refractivity contribution in [3.63, 3.8) is 0 Å². The maximum atomic E-state index is 13.0. The summed E-state index contributed by atoms with van der Waals surface area (Å²) in [5.74, 6) is -0.864. The molecule has 0 aliphatic carbocycles. The number of anilines is 2.